The zero-order chi connectivity index (χ0) is 27.2. The molecule has 0 saturated carbocycles. The maximum absolute atomic E-state index is 13.6. The van der Waals surface area contributed by atoms with Crippen LogP contribution in [0.25, 0.3) is 21.8 Å². The average molecular weight is 527 g/mol. The lowest BCUT2D eigenvalue weighted by Gasteiger charge is -2.34. The van der Waals surface area contributed by atoms with Gasteiger partial charge in [-0.05, 0) is 68.4 Å². The summed E-state index contributed by atoms with van der Waals surface area (Å²) in [6.45, 7) is 13.0. The van der Waals surface area contributed by atoms with Crippen LogP contribution in [0.5, 0.6) is 5.75 Å². The Balaban J connectivity index is 1.25. The van der Waals surface area contributed by atoms with E-state index < -0.39 is 0 Å². The summed E-state index contributed by atoms with van der Waals surface area (Å²) >= 11 is 0. The number of nitrogens with zero attached hydrogens (tertiary/aromatic N) is 4. The molecule has 1 aromatic heterocycles. The number of carbonyl (C=O) groups is 1. The number of rotatable bonds is 11. The molecule has 1 aliphatic rings. The van der Waals surface area contributed by atoms with Crippen LogP contribution in [0.4, 0.5) is 0 Å². The minimum Gasteiger partial charge on any atom is -0.497 e. The molecule has 0 bridgehead atoms. The van der Waals surface area contributed by atoms with Gasteiger partial charge in [0, 0.05) is 66.6 Å². The van der Waals surface area contributed by atoms with E-state index in [1.54, 1.807) is 7.11 Å². The molecule has 3 aromatic carbocycles. The summed E-state index contributed by atoms with van der Waals surface area (Å²) < 4.78 is 7.68. The molecule has 0 atom stereocenters. The predicted molar refractivity (Wildman–Crippen MR) is 161 cm³/mol. The van der Waals surface area contributed by atoms with Crippen LogP contribution in [0.1, 0.15) is 36.2 Å². The van der Waals surface area contributed by atoms with E-state index in [1.165, 1.54) is 27.4 Å². The van der Waals surface area contributed by atoms with Gasteiger partial charge in [0.2, 0.25) is 0 Å². The van der Waals surface area contributed by atoms with Crippen molar-refractivity contribution < 1.29 is 9.53 Å². The standard InChI is InChI=1S/C33H42N4O2/c1-4-34(5-2)18-8-19-37-31-10-7-6-9-29(31)30-16-13-27(25-32(30)37)33(38)36-23-21-35(22-24-36)20-17-26-11-14-28(39-3)15-12-26/h6-7,9-16,25H,4-5,8,17-24H2,1-3H3. The third kappa shape index (κ3) is 6.13. The second-order valence-corrected chi connectivity index (χ2v) is 10.5. The van der Waals surface area contributed by atoms with Crippen LogP contribution >= 0.6 is 0 Å². The summed E-state index contributed by atoms with van der Waals surface area (Å²) in [5.41, 5.74) is 4.53. The predicted octanol–water partition coefficient (Wildman–Crippen LogP) is 5.54. The Morgan fingerprint density at radius 1 is 0.846 bits per heavy atom. The zero-order valence-electron chi connectivity index (χ0n) is 23.7. The average Bonchev–Trinajstić information content (AvgIpc) is 3.31. The summed E-state index contributed by atoms with van der Waals surface area (Å²) in [4.78, 5) is 20.5. The van der Waals surface area contributed by atoms with Gasteiger partial charge >= 0.3 is 0 Å². The highest BCUT2D eigenvalue weighted by Gasteiger charge is 2.23. The van der Waals surface area contributed by atoms with Gasteiger partial charge in [0.1, 0.15) is 5.75 Å². The minimum atomic E-state index is 0.145. The second kappa shape index (κ2) is 12.7. The Morgan fingerprint density at radius 3 is 2.28 bits per heavy atom. The molecule has 0 spiro atoms. The number of aromatic nitrogens is 1. The van der Waals surface area contributed by atoms with Crippen molar-refractivity contribution in [3.05, 3.63) is 77.9 Å². The number of ether oxygens (including phenoxy) is 1. The normalized spacial score (nSPS) is 14.5. The van der Waals surface area contributed by atoms with E-state index >= 15 is 0 Å². The van der Waals surface area contributed by atoms with Crippen LogP contribution in [0, 0.1) is 0 Å². The van der Waals surface area contributed by atoms with Crippen molar-refractivity contribution in [2.45, 2.75) is 33.2 Å². The summed E-state index contributed by atoms with van der Waals surface area (Å²) in [5.74, 6) is 1.04. The van der Waals surface area contributed by atoms with Gasteiger partial charge in [0.05, 0.1) is 7.11 Å². The third-order valence-electron chi connectivity index (χ3n) is 8.31. The highest BCUT2D eigenvalue weighted by molar-refractivity contribution is 6.10. The lowest BCUT2D eigenvalue weighted by Crippen LogP contribution is -2.49. The largest absolute Gasteiger partial charge is 0.497 e. The summed E-state index contributed by atoms with van der Waals surface area (Å²) in [5, 5.41) is 2.49. The summed E-state index contributed by atoms with van der Waals surface area (Å²) in [7, 11) is 1.70. The Hall–Kier alpha value is -3.35. The van der Waals surface area contributed by atoms with Gasteiger partial charge in [-0.1, -0.05) is 50.2 Å². The van der Waals surface area contributed by atoms with Crippen LogP contribution in [-0.4, -0.2) is 84.6 Å². The van der Waals surface area contributed by atoms with Gasteiger partial charge < -0.3 is 19.1 Å². The molecule has 2 heterocycles. The fourth-order valence-electron chi connectivity index (χ4n) is 5.85. The molecule has 0 aliphatic carbocycles. The SMILES string of the molecule is CCN(CC)CCCn1c2ccccc2c2ccc(C(=O)N3CCN(CCc4ccc(OC)cc4)CC3)cc21. The molecule has 1 amide bonds. The molecule has 0 radical (unpaired) electrons. The smallest absolute Gasteiger partial charge is 0.254 e. The van der Waals surface area contributed by atoms with E-state index in [0.29, 0.717) is 0 Å². The number of aryl methyl sites for hydroxylation is 1. The number of carbonyl (C=O) groups excluding carboxylic acids is 1. The lowest BCUT2D eigenvalue weighted by atomic mass is 10.1. The first kappa shape index (κ1) is 27.2. The Kier molecular flexibility index (Phi) is 8.84. The molecule has 39 heavy (non-hydrogen) atoms. The Labute approximate surface area is 232 Å². The van der Waals surface area contributed by atoms with Crippen LogP contribution in [-0.2, 0) is 13.0 Å². The fraction of sp³-hybridized carbons (Fsp3) is 0.424. The third-order valence-corrected chi connectivity index (χ3v) is 8.31. The van der Waals surface area contributed by atoms with E-state index in [1.807, 2.05) is 23.1 Å². The Morgan fingerprint density at radius 2 is 1.56 bits per heavy atom. The highest BCUT2D eigenvalue weighted by atomic mass is 16.5. The van der Waals surface area contributed by atoms with Gasteiger partial charge in [0.15, 0.2) is 0 Å². The molecule has 0 unspecified atom stereocenters. The molecule has 4 aromatic rings. The summed E-state index contributed by atoms with van der Waals surface area (Å²) in [6, 6.07) is 23.2. The molecular formula is C33H42N4O2. The van der Waals surface area contributed by atoms with E-state index in [0.717, 1.165) is 83.1 Å². The van der Waals surface area contributed by atoms with Crippen LogP contribution < -0.4 is 4.74 Å². The fourth-order valence-corrected chi connectivity index (χ4v) is 5.85. The van der Waals surface area contributed by atoms with Gasteiger partial charge in [-0.3, -0.25) is 9.69 Å². The minimum absolute atomic E-state index is 0.145. The molecule has 1 saturated heterocycles. The van der Waals surface area contributed by atoms with Gasteiger partial charge in [-0.15, -0.1) is 0 Å². The quantitative estimate of drug-likeness (QED) is 0.258. The molecular weight excluding hydrogens is 484 g/mol. The van der Waals surface area contributed by atoms with Crippen molar-refractivity contribution in [1.29, 1.82) is 0 Å². The van der Waals surface area contributed by atoms with E-state index in [-0.39, 0.29) is 5.91 Å². The van der Waals surface area contributed by atoms with Crippen LogP contribution in [0.2, 0.25) is 0 Å². The van der Waals surface area contributed by atoms with E-state index in [4.69, 9.17) is 4.74 Å². The molecule has 206 valence electrons. The molecule has 1 fully saturated rings. The van der Waals surface area contributed by atoms with Crippen molar-refractivity contribution in [3.63, 3.8) is 0 Å². The molecule has 0 N–H and O–H groups in total. The number of methoxy groups -OCH3 is 1. The van der Waals surface area contributed by atoms with Crippen LogP contribution in [0.15, 0.2) is 66.7 Å². The lowest BCUT2D eigenvalue weighted by molar-refractivity contribution is 0.0638. The van der Waals surface area contributed by atoms with Crippen molar-refractivity contribution in [2.24, 2.45) is 0 Å². The monoisotopic (exact) mass is 526 g/mol. The zero-order valence-corrected chi connectivity index (χ0v) is 23.7. The number of para-hydroxylation sites is 1. The molecule has 1 aliphatic heterocycles. The van der Waals surface area contributed by atoms with Crippen molar-refractivity contribution in [1.82, 2.24) is 19.3 Å². The van der Waals surface area contributed by atoms with E-state index in [9.17, 15) is 4.79 Å². The Bertz CT molecular complexity index is 1380. The maximum atomic E-state index is 13.6. The van der Waals surface area contributed by atoms with Crippen molar-refractivity contribution in [3.8, 4) is 5.75 Å². The number of amides is 1. The van der Waals surface area contributed by atoms with Gasteiger partial charge in [0.25, 0.3) is 5.91 Å². The van der Waals surface area contributed by atoms with Gasteiger partial charge in [-0.25, -0.2) is 0 Å². The van der Waals surface area contributed by atoms with Crippen LogP contribution in [0.3, 0.4) is 0 Å². The molecule has 5 rings (SSSR count). The highest BCUT2D eigenvalue weighted by Crippen LogP contribution is 2.30. The first-order chi connectivity index (χ1) is 19.1. The molecule has 6 nitrogen and oxygen atoms in total. The maximum Gasteiger partial charge on any atom is 0.254 e. The van der Waals surface area contributed by atoms with E-state index in [2.05, 4.69) is 76.7 Å². The number of fused-ring (bicyclic) bond motifs is 3. The van der Waals surface area contributed by atoms with Crippen molar-refractivity contribution >= 4 is 27.7 Å². The second-order valence-electron chi connectivity index (χ2n) is 10.5. The first-order valence-corrected chi connectivity index (χ1v) is 14.5. The molecule has 6 heteroatoms. The number of hydrogen-bond donors (Lipinski definition) is 0. The number of hydrogen-bond acceptors (Lipinski definition) is 4. The first-order valence-electron chi connectivity index (χ1n) is 14.5. The number of piperazine rings is 1. The number of benzene rings is 3. The topological polar surface area (TPSA) is 41.0 Å². The van der Waals surface area contributed by atoms with Crippen molar-refractivity contribution in [2.75, 3.05) is 59.5 Å². The summed E-state index contributed by atoms with van der Waals surface area (Å²) in [6.07, 6.45) is 2.10. The van der Waals surface area contributed by atoms with Gasteiger partial charge in [-0.2, -0.15) is 0 Å².